The summed E-state index contributed by atoms with van der Waals surface area (Å²) in [4.78, 5) is 74.9. The molecule has 12 nitrogen and oxygen atoms in total. The van der Waals surface area contributed by atoms with Gasteiger partial charge >= 0.3 is 26.2 Å². The van der Waals surface area contributed by atoms with Crippen LogP contribution in [0.3, 0.4) is 0 Å². The molecule has 0 aliphatic carbocycles. The molecule has 0 saturated heterocycles. The summed E-state index contributed by atoms with van der Waals surface area (Å²) in [6.45, 7) is 3.76. The molecule has 0 saturated carbocycles. The minimum Gasteiger partial charge on any atom is -0.542 e. The van der Waals surface area contributed by atoms with Crippen molar-refractivity contribution >= 4 is 47.0 Å². The van der Waals surface area contributed by atoms with Gasteiger partial charge in [0.2, 0.25) is 0 Å². The van der Waals surface area contributed by atoms with Crippen molar-refractivity contribution in [3.05, 3.63) is 0 Å². The van der Waals surface area contributed by atoms with Gasteiger partial charge in [-0.1, -0.05) is 0 Å². The van der Waals surface area contributed by atoms with E-state index in [0.29, 0.717) is 0 Å². The zero-order valence-electron chi connectivity index (χ0n) is 13.4. The largest absolute Gasteiger partial charge is 4.00 e. The Morgan fingerprint density at radius 2 is 0.440 bits per heavy atom. The number of carbonyl (C=O) groups is 8. The second kappa shape index (κ2) is 19.5. The van der Waals surface area contributed by atoms with E-state index >= 15 is 0 Å². The predicted octanol–water partition coefficient (Wildman–Crippen LogP) is -6.70. The van der Waals surface area contributed by atoms with Gasteiger partial charge in [-0.2, -0.15) is 0 Å². The number of carboxylic acids is 4. The van der Waals surface area contributed by atoms with Gasteiger partial charge in [0.05, 0.1) is 0 Å². The number of ketones is 4. The van der Waals surface area contributed by atoms with E-state index in [4.69, 9.17) is 0 Å². The van der Waals surface area contributed by atoms with E-state index < -0.39 is 47.0 Å². The van der Waals surface area contributed by atoms with E-state index in [0.717, 1.165) is 27.7 Å². The maximum absolute atomic E-state index is 9.48. The Bertz CT molecular complexity index is 390. The van der Waals surface area contributed by atoms with Gasteiger partial charge in [-0.05, 0) is 0 Å². The zero-order chi connectivity index (χ0) is 20.6. The Labute approximate surface area is 159 Å². The molecular weight excluding hydrogens is 427 g/mol. The van der Waals surface area contributed by atoms with Gasteiger partial charge in [0, 0.05) is 27.7 Å². The SMILES string of the molecule is CC(=O)C(=O)[O-].CC(=O)C(=O)[O-].CC(=O)C(=O)[O-].CC(=O)C(=O)[O-].[Zr+4]. The standard InChI is InChI=1S/4C3H4O3.Zr/c4*1-2(4)3(5)6;/h4*1H3,(H,5,6);/q;;;;+4/p-4. The fourth-order valence-corrected chi connectivity index (χ4v) is 0. The monoisotopic (exact) mass is 438 g/mol. The zero-order valence-corrected chi connectivity index (χ0v) is 15.9. The van der Waals surface area contributed by atoms with Gasteiger partial charge in [0.1, 0.15) is 23.9 Å². The van der Waals surface area contributed by atoms with Gasteiger partial charge < -0.3 is 39.6 Å². The van der Waals surface area contributed by atoms with Crippen LogP contribution in [0.2, 0.25) is 0 Å². The minimum atomic E-state index is -1.63. The number of hydrogen-bond acceptors (Lipinski definition) is 12. The number of carboxylic acid groups (broad SMARTS) is 4. The summed E-state index contributed by atoms with van der Waals surface area (Å²) in [6, 6.07) is 0. The molecule has 13 heteroatoms. The van der Waals surface area contributed by atoms with Crippen molar-refractivity contribution < 1.29 is 85.0 Å². The van der Waals surface area contributed by atoms with E-state index in [-0.39, 0.29) is 26.2 Å². The third kappa shape index (κ3) is 44.9. The van der Waals surface area contributed by atoms with Gasteiger partial charge in [-0.25, -0.2) is 0 Å². The summed E-state index contributed by atoms with van der Waals surface area (Å²) >= 11 is 0. The van der Waals surface area contributed by atoms with Crippen LogP contribution >= 0.6 is 0 Å². The van der Waals surface area contributed by atoms with E-state index in [1.165, 1.54) is 0 Å². The quantitative estimate of drug-likeness (QED) is 0.372. The molecule has 0 heterocycles. The third-order valence-corrected chi connectivity index (χ3v) is 1.15. The molecule has 0 aromatic carbocycles. The molecule has 0 bridgehead atoms. The second-order valence-electron chi connectivity index (χ2n) is 3.37. The van der Waals surface area contributed by atoms with E-state index in [1.54, 1.807) is 0 Å². The van der Waals surface area contributed by atoms with Crippen molar-refractivity contribution in [3.8, 4) is 0 Å². The van der Waals surface area contributed by atoms with Crippen LogP contribution in [0, 0.1) is 0 Å². The molecule has 0 aromatic heterocycles. The van der Waals surface area contributed by atoms with Crippen LogP contribution in [0.4, 0.5) is 0 Å². The Morgan fingerprint density at radius 1 is 0.400 bits per heavy atom. The average molecular weight is 439 g/mol. The predicted molar refractivity (Wildman–Crippen MR) is 62.8 cm³/mol. The molecule has 0 unspecified atom stereocenters. The van der Waals surface area contributed by atoms with Crippen molar-refractivity contribution in [3.63, 3.8) is 0 Å². The average Bonchev–Trinajstić information content (AvgIpc) is 2.40. The summed E-state index contributed by atoms with van der Waals surface area (Å²) in [5.41, 5.74) is 0. The maximum Gasteiger partial charge on any atom is 4.00 e. The summed E-state index contributed by atoms with van der Waals surface area (Å²) in [6.07, 6.45) is 0. The van der Waals surface area contributed by atoms with Crippen LogP contribution in [0.5, 0.6) is 0 Å². The summed E-state index contributed by atoms with van der Waals surface area (Å²) in [5, 5.41) is 37.0. The first-order chi connectivity index (χ1) is 10.6. The molecule has 0 aromatic rings. The molecule has 25 heavy (non-hydrogen) atoms. The van der Waals surface area contributed by atoms with E-state index in [1.807, 2.05) is 0 Å². The van der Waals surface area contributed by atoms with Crippen molar-refractivity contribution in [1.29, 1.82) is 0 Å². The van der Waals surface area contributed by atoms with Crippen LogP contribution in [0.15, 0.2) is 0 Å². The molecule has 0 radical (unpaired) electrons. The molecule has 0 fully saturated rings. The topological polar surface area (TPSA) is 229 Å². The Kier molecular flexibility index (Phi) is 26.4. The molecule has 0 amide bonds. The van der Waals surface area contributed by atoms with Gasteiger partial charge in [-0.3, -0.25) is 19.2 Å². The van der Waals surface area contributed by atoms with Crippen LogP contribution in [-0.4, -0.2) is 47.0 Å². The summed E-state index contributed by atoms with van der Waals surface area (Å²) in [5.74, 6) is -10.3. The van der Waals surface area contributed by atoms with Crippen LogP contribution in [0.1, 0.15) is 27.7 Å². The van der Waals surface area contributed by atoms with Gasteiger partial charge in [0.15, 0.2) is 23.1 Å². The molecule has 0 atom stereocenters. The minimum absolute atomic E-state index is 0. The molecule has 0 N–H and O–H groups in total. The molecule has 0 rings (SSSR count). The number of Topliss-reactive ketones (excluding diaryl/α,β-unsaturated/α-hetero) is 4. The molecule has 136 valence electrons. The van der Waals surface area contributed by atoms with E-state index in [9.17, 15) is 58.8 Å². The maximum atomic E-state index is 9.48. The normalized spacial score (nSPS) is 7.20. The first kappa shape index (κ1) is 33.9. The number of hydrogen-bond donors (Lipinski definition) is 0. The van der Waals surface area contributed by atoms with Crippen molar-refractivity contribution in [2.45, 2.75) is 27.7 Å². The van der Waals surface area contributed by atoms with Crippen molar-refractivity contribution in [2.75, 3.05) is 0 Å². The first-order valence-corrected chi connectivity index (χ1v) is 5.45. The second-order valence-corrected chi connectivity index (χ2v) is 3.37. The fourth-order valence-electron chi connectivity index (χ4n) is 0. The van der Waals surface area contributed by atoms with Crippen molar-refractivity contribution in [1.82, 2.24) is 0 Å². The van der Waals surface area contributed by atoms with Gasteiger partial charge in [0.25, 0.3) is 0 Å². The molecule has 0 aliphatic rings. The van der Waals surface area contributed by atoms with Crippen LogP contribution < -0.4 is 20.4 Å². The Morgan fingerprint density at radius 3 is 0.440 bits per heavy atom. The number of rotatable bonds is 4. The van der Waals surface area contributed by atoms with Crippen LogP contribution in [-0.2, 0) is 64.6 Å². The summed E-state index contributed by atoms with van der Waals surface area (Å²) in [7, 11) is 0. The van der Waals surface area contributed by atoms with Crippen LogP contribution in [0.25, 0.3) is 0 Å². The molecule has 0 spiro atoms. The number of aliphatic carboxylic acids is 4. The summed E-state index contributed by atoms with van der Waals surface area (Å²) < 4.78 is 0. The Balaban J connectivity index is -0.0000000702. The van der Waals surface area contributed by atoms with Crippen molar-refractivity contribution in [2.24, 2.45) is 0 Å². The molecule has 0 aliphatic heterocycles. The third-order valence-electron chi connectivity index (χ3n) is 1.15. The Hall–Kier alpha value is -2.56. The number of carbonyl (C=O) groups excluding carboxylic acids is 8. The first-order valence-electron chi connectivity index (χ1n) is 5.45. The fraction of sp³-hybridized carbons (Fsp3) is 0.333. The van der Waals surface area contributed by atoms with Gasteiger partial charge in [-0.15, -0.1) is 0 Å². The molecular formula is C12H12O12Zr. The smallest absolute Gasteiger partial charge is 0.542 e. The van der Waals surface area contributed by atoms with E-state index in [2.05, 4.69) is 0 Å².